The van der Waals surface area contributed by atoms with Crippen molar-refractivity contribution in [2.75, 3.05) is 44.4 Å². The highest BCUT2D eigenvalue weighted by molar-refractivity contribution is 7.88. The normalized spacial score (nSPS) is 22.8. The van der Waals surface area contributed by atoms with E-state index >= 15 is 0 Å². The molecule has 3 heterocycles. The number of urea groups is 1. The molecule has 25 heavy (non-hydrogen) atoms. The lowest BCUT2D eigenvalue weighted by atomic mass is 10.2. The Bertz CT molecular complexity index is 726. The zero-order valence-corrected chi connectivity index (χ0v) is 15.5. The maximum Gasteiger partial charge on any atom is 0.323 e. The second-order valence-corrected chi connectivity index (χ2v) is 8.49. The van der Waals surface area contributed by atoms with Gasteiger partial charge in [0.1, 0.15) is 11.9 Å². The molecule has 3 rings (SSSR count). The van der Waals surface area contributed by atoms with Crippen molar-refractivity contribution in [2.45, 2.75) is 25.4 Å². The number of hydrogen-bond donors (Lipinski definition) is 1. The van der Waals surface area contributed by atoms with Gasteiger partial charge in [-0.05, 0) is 19.3 Å². The number of nitrogens with one attached hydrogen (secondary N) is 1. The maximum atomic E-state index is 12.5. The van der Waals surface area contributed by atoms with Crippen LogP contribution in [0, 0.1) is 0 Å². The van der Waals surface area contributed by atoms with Gasteiger partial charge in [-0.2, -0.15) is 5.10 Å². The van der Waals surface area contributed by atoms with Gasteiger partial charge >= 0.3 is 6.03 Å². The van der Waals surface area contributed by atoms with E-state index in [1.807, 2.05) is 6.07 Å². The van der Waals surface area contributed by atoms with Gasteiger partial charge in [-0.3, -0.25) is 10.00 Å². The van der Waals surface area contributed by atoms with E-state index in [1.54, 1.807) is 16.6 Å². The van der Waals surface area contributed by atoms with Crippen molar-refractivity contribution in [1.29, 1.82) is 0 Å². The number of sulfonamides is 1. The first kappa shape index (κ1) is 18.2. The van der Waals surface area contributed by atoms with E-state index in [1.165, 1.54) is 10.6 Å². The number of hydrogen-bond acceptors (Lipinski definition) is 5. The number of aryl methyl sites for hydroxylation is 1. The van der Waals surface area contributed by atoms with Crippen LogP contribution >= 0.6 is 0 Å². The zero-order chi connectivity index (χ0) is 18.0. The molecule has 1 atom stereocenters. The number of anilines is 1. The quantitative estimate of drug-likeness (QED) is 0.847. The third-order valence-electron chi connectivity index (χ3n) is 4.60. The molecule has 10 heteroatoms. The van der Waals surface area contributed by atoms with Crippen LogP contribution in [0.4, 0.5) is 10.6 Å². The fourth-order valence-electron chi connectivity index (χ4n) is 3.19. The number of carbonyl (C=O) groups excluding carboxylic acids is 1. The minimum Gasteiger partial charge on any atom is -0.372 e. The fourth-order valence-corrected chi connectivity index (χ4v) is 4.07. The fraction of sp³-hybridized carbons (Fsp3) is 0.733. The molecule has 1 aromatic rings. The first-order chi connectivity index (χ1) is 11.8. The summed E-state index contributed by atoms with van der Waals surface area (Å²) in [5.74, 6) is 0.611. The molecule has 2 amide bonds. The topological polar surface area (TPSA) is 96.8 Å². The standard InChI is InChI=1S/C15H25N5O4S/c1-18-14(11-12(17-18)13-5-3-10-24-13)16-15(21)19-6-4-7-20(9-8-19)25(2,22)23/h11,13H,3-10H2,1-2H3,(H,16,21). The first-order valence-electron chi connectivity index (χ1n) is 8.51. The molecule has 0 spiro atoms. The summed E-state index contributed by atoms with van der Waals surface area (Å²) in [6.07, 6.45) is 3.78. The van der Waals surface area contributed by atoms with Gasteiger partial charge in [-0.15, -0.1) is 0 Å². The number of amides is 2. The predicted molar refractivity (Wildman–Crippen MR) is 92.8 cm³/mol. The van der Waals surface area contributed by atoms with Gasteiger partial charge in [0, 0.05) is 45.9 Å². The Morgan fingerprint density at radius 1 is 1.28 bits per heavy atom. The first-order valence-corrected chi connectivity index (χ1v) is 10.4. The lowest BCUT2D eigenvalue weighted by molar-refractivity contribution is 0.108. The minimum absolute atomic E-state index is 0.00152. The average molecular weight is 371 g/mol. The molecule has 2 aliphatic heterocycles. The van der Waals surface area contributed by atoms with Gasteiger partial charge in [-0.1, -0.05) is 0 Å². The molecular weight excluding hydrogens is 346 g/mol. The van der Waals surface area contributed by atoms with Gasteiger partial charge in [0.25, 0.3) is 0 Å². The molecule has 2 fully saturated rings. The molecule has 1 N–H and O–H groups in total. The van der Waals surface area contributed by atoms with Crippen LogP contribution in [0.25, 0.3) is 0 Å². The van der Waals surface area contributed by atoms with Crippen molar-refractivity contribution in [3.05, 3.63) is 11.8 Å². The van der Waals surface area contributed by atoms with Gasteiger partial charge in [0.2, 0.25) is 10.0 Å². The summed E-state index contributed by atoms with van der Waals surface area (Å²) >= 11 is 0. The van der Waals surface area contributed by atoms with E-state index in [9.17, 15) is 13.2 Å². The van der Waals surface area contributed by atoms with E-state index in [0.717, 1.165) is 25.1 Å². The van der Waals surface area contributed by atoms with Crippen molar-refractivity contribution >= 4 is 21.9 Å². The smallest absolute Gasteiger partial charge is 0.323 e. The summed E-state index contributed by atoms with van der Waals surface area (Å²) in [7, 11) is -1.44. The summed E-state index contributed by atoms with van der Waals surface area (Å²) in [6, 6.07) is 1.60. The van der Waals surface area contributed by atoms with Crippen molar-refractivity contribution in [1.82, 2.24) is 19.0 Å². The monoisotopic (exact) mass is 371 g/mol. The van der Waals surface area contributed by atoms with Crippen LogP contribution in [-0.2, 0) is 21.8 Å². The highest BCUT2D eigenvalue weighted by atomic mass is 32.2. The lowest BCUT2D eigenvalue weighted by Gasteiger charge is -2.21. The molecule has 1 aromatic heterocycles. The minimum atomic E-state index is -3.22. The third-order valence-corrected chi connectivity index (χ3v) is 5.91. The van der Waals surface area contributed by atoms with Crippen LogP contribution in [0.3, 0.4) is 0 Å². The Morgan fingerprint density at radius 3 is 2.76 bits per heavy atom. The van der Waals surface area contributed by atoms with Crippen molar-refractivity contribution in [2.24, 2.45) is 7.05 Å². The molecule has 0 aliphatic carbocycles. The highest BCUT2D eigenvalue weighted by Crippen LogP contribution is 2.29. The summed E-state index contributed by atoms with van der Waals surface area (Å²) < 4.78 is 32.0. The molecule has 0 bridgehead atoms. The SMILES string of the molecule is Cn1nc(C2CCCO2)cc1NC(=O)N1CCCN(S(C)(=O)=O)CC1. The zero-order valence-electron chi connectivity index (χ0n) is 14.6. The van der Waals surface area contributed by atoms with E-state index in [0.29, 0.717) is 38.4 Å². The van der Waals surface area contributed by atoms with Crippen LogP contribution < -0.4 is 5.32 Å². The van der Waals surface area contributed by atoms with Crippen LogP contribution in [0.2, 0.25) is 0 Å². The molecule has 0 saturated carbocycles. The lowest BCUT2D eigenvalue weighted by Crippen LogP contribution is -2.39. The molecule has 0 aromatic carbocycles. The number of nitrogens with zero attached hydrogens (tertiary/aromatic N) is 4. The summed E-state index contributed by atoms with van der Waals surface area (Å²) in [4.78, 5) is 14.2. The predicted octanol–water partition coefficient (Wildman–Crippen LogP) is 0.771. The Kier molecular flexibility index (Phi) is 5.30. The maximum absolute atomic E-state index is 12.5. The van der Waals surface area contributed by atoms with Crippen molar-refractivity contribution in [3.8, 4) is 0 Å². The molecule has 2 aliphatic rings. The second-order valence-electron chi connectivity index (χ2n) is 6.51. The van der Waals surface area contributed by atoms with Crippen LogP contribution in [0.15, 0.2) is 6.07 Å². The van der Waals surface area contributed by atoms with Gasteiger partial charge in [0.15, 0.2) is 0 Å². The largest absolute Gasteiger partial charge is 0.372 e. The Morgan fingerprint density at radius 2 is 2.08 bits per heavy atom. The summed E-state index contributed by atoms with van der Waals surface area (Å²) in [6.45, 7) is 2.40. The van der Waals surface area contributed by atoms with Crippen molar-refractivity contribution in [3.63, 3.8) is 0 Å². The Labute approximate surface area is 148 Å². The van der Waals surface area contributed by atoms with E-state index in [4.69, 9.17) is 4.74 Å². The highest BCUT2D eigenvalue weighted by Gasteiger charge is 2.25. The molecule has 0 radical (unpaired) electrons. The summed E-state index contributed by atoms with van der Waals surface area (Å²) in [5.41, 5.74) is 0.828. The van der Waals surface area contributed by atoms with Gasteiger partial charge in [-0.25, -0.2) is 17.5 Å². The van der Waals surface area contributed by atoms with Crippen LogP contribution in [0.1, 0.15) is 31.1 Å². The number of aromatic nitrogens is 2. The van der Waals surface area contributed by atoms with E-state index in [-0.39, 0.29) is 12.1 Å². The number of carbonyl (C=O) groups is 1. The third kappa shape index (κ3) is 4.31. The molecule has 140 valence electrons. The van der Waals surface area contributed by atoms with Gasteiger partial charge in [0.05, 0.1) is 11.9 Å². The number of ether oxygens (including phenoxy) is 1. The van der Waals surface area contributed by atoms with E-state index < -0.39 is 10.0 Å². The molecule has 9 nitrogen and oxygen atoms in total. The molecule has 2 saturated heterocycles. The second kappa shape index (κ2) is 7.30. The van der Waals surface area contributed by atoms with Gasteiger partial charge < -0.3 is 9.64 Å². The molecule has 1 unspecified atom stereocenters. The van der Waals surface area contributed by atoms with E-state index in [2.05, 4.69) is 10.4 Å². The van der Waals surface area contributed by atoms with Crippen LogP contribution in [-0.4, -0.2) is 72.5 Å². The average Bonchev–Trinajstić information content (AvgIpc) is 3.10. The molecular formula is C15H25N5O4S. The number of rotatable bonds is 3. The van der Waals surface area contributed by atoms with Crippen molar-refractivity contribution < 1.29 is 17.9 Å². The Hall–Kier alpha value is -1.65. The van der Waals surface area contributed by atoms with Crippen LogP contribution in [0.5, 0.6) is 0 Å². The summed E-state index contributed by atoms with van der Waals surface area (Å²) in [5, 5.41) is 7.29. The Balaban J connectivity index is 1.62.